The van der Waals surface area contributed by atoms with Crippen LogP contribution in [-0.2, 0) is 19.3 Å². The van der Waals surface area contributed by atoms with Gasteiger partial charge in [0.25, 0.3) is 0 Å². The molecule has 1 aliphatic rings. The van der Waals surface area contributed by atoms with Gasteiger partial charge in [-0.2, -0.15) is 8.42 Å². The van der Waals surface area contributed by atoms with Crippen LogP contribution < -0.4 is 4.72 Å². The Bertz CT molecular complexity index is 244. The second-order valence-corrected chi connectivity index (χ2v) is 3.40. The highest BCUT2D eigenvalue weighted by Gasteiger charge is 2.26. The van der Waals surface area contributed by atoms with E-state index in [1.807, 2.05) is 0 Å². The Morgan fingerprint density at radius 3 is 2.70 bits per heavy atom. The van der Waals surface area contributed by atoms with E-state index in [0.29, 0.717) is 0 Å². The molecule has 0 aromatic rings. The Hall–Kier alpha value is -0.620. The van der Waals surface area contributed by atoms with E-state index in [4.69, 9.17) is 0 Å². The highest BCUT2D eigenvalue weighted by atomic mass is 32.2. The fraction of sp³-hybridized carbons (Fsp3) is 0.750. The lowest BCUT2D eigenvalue weighted by Gasteiger charge is -2.17. The van der Waals surface area contributed by atoms with Gasteiger partial charge in [-0.3, -0.25) is 8.98 Å². The molecule has 1 N–H and O–H groups in total. The molecule has 1 atom stereocenters. The topological polar surface area (TPSA) is 72.5 Å². The molecule has 1 fully saturated rings. The first-order valence-electron chi connectivity index (χ1n) is 2.73. The molecular formula is C4H7NO4S. The molecule has 6 heteroatoms. The average Bonchev–Trinajstić information content (AvgIpc) is 1.54. The average molecular weight is 165 g/mol. The molecule has 1 amide bonds. The molecule has 1 aliphatic heterocycles. The summed E-state index contributed by atoms with van der Waals surface area (Å²) < 4.78 is 27.1. The van der Waals surface area contributed by atoms with E-state index in [9.17, 15) is 13.2 Å². The lowest BCUT2D eigenvalue weighted by molar-refractivity contribution is -0.122. The van der Waals surface area contributed by atoms with Crippen LogP contribution in [-0.4, -0.2) is 20.4 Å². The molecule has 1 heterocycles. The van der Waals surface area contributed by atoms with E-state index in [-0.39, 0.29) is 6.42 Å². The van der Waals surface area contributed by atoms with Crippen LogP contribution >= 0.6 is 0 Å². The molecule has 58 valence electrons. The maximum absolute atomic E-state index is 10.5. The van der Waals surface area contributed by atoms with Crippen molar-refractivity contribution in [1.29, 1.82) is 0 Å². The Kier molecular flexibility index (Phi) is 1.65. The Balaban J connectivity index is 2.79. The largest absolute Gasteiger partial charge is 0.362 e. The lowest BCUT2D eigenvalue weighted by Crippen LogP contribution is -2.41. The van der Waals surface area contributed by atoms with Gasteiger partial charge in [0.2, 0.25) is 5.91 Å². The number of rotatable bonds is 0. The van der Waals surface area contributed by atoms with Crippen LogP contribution in [0.4, 0.5) is 0 Å². The van der Waals surface area contributed by atoms with Crippen LogP contribution in [0.5, 0.6) is 0 Å². The van der Waals surface area contributed by atoms with Crippen LogP contribution in [0.2, 0.25) is 0 Å². The fourth-order valence-corrected chi connectivity index (χ4v) is 1.63. The van der Waals surface area contributed by atoms with Crippen LogP contribution in [0, 0.1) is 0 Å². The predicted molar refractivity (Wildman–Crippen MR) is 32.2 cm³/mol. The molecule has 5 nitrogen and oxygen atoms in total. The molecule has 0 spiro atoms. The number of carbonyl (C=O) groups is 1. The third kappa shape index (κ3) is 1.68. The molecule has 1 rings (SSSR count). The maximum atomic E-state index is 10.5. The molecular weight excluding hydrogens is 158 g/mol. The van der Waals surface area contributed by atoms with Crippen molar-refractivity contribution in [3.8, 4) is 0 Å². The molecule has 0 aliphatic carbocycles. The Morgan fingerprint density at radius 2 is 2.30 bits per heavy atom. The van der Waals surface area contributed by atoms with Gasteiger partial charge in [-0.1, -0.05) is 0 Å². The summed E-state index contributed by atoms with van der Waals surface area (Å²) >= 11 is 0. The number of amides is 1. The summed E-state index contributed by atoms with van der Waals surface area (Å²) in [6, 6.07) is 0. The number of hydrogen-bond acceptors (Lipinski definition) is 4. The fourth-order valence-electron chi connectivity index (χ4n) is 0.717. The molecule has 0 saturated carbocycles. The Labute approximate surface area is 58.6 Å². The predicted octanol–water partition coefficient (Wildman–Crippen LogP) is -0.844. The monoisotopic (exact) mass is 165 g/mol. The summed E-state index contributed by atoms with van der Waals surface area (Å²) in [6.45, 7) is 1.52. The van der Waals surface area contributed by atoms with E-state index >= 15 is 0 Å². The normalized spacial score (nSPS) is 31.3. The van der Waals surface area contributed by atoms with E-state index in [1.54, 1.807) is 4.72 Å². The summed E-state index contributed by atoms with van der Waals surface area (Å²) in [5.41, 5.74) is 0. The third-order valence-corrected chi connectivity index (χ3v) is 2.06. The van der Waals surface area contributed by atoms with Gasteiger partial charge in [0.05, 0.1) is 12.5 Å². The van der Waals surface area contributed by atoms with Crippen LogP contribution in [0.15, 0.2) is 0 Å². The van der Waals surface area contributed by atoms with Gasteiger partial charge in [-0.15, -0.1) is 0 Å². The van der Waals surface area contributed by atoms with Gasteiger partial charge in [0, 0.05) is 0 Å². The molecule has 0 radical (unpaired) electrons. The highest BCUT2D eigenvalue weighted by molar-refractivity contribution is 7.85. The SMILES string of the molecule is C[C@H]1CC(=O)NS(=O)(=O)O1. The van der Waals surface area contributed by atoms with Gasteiger partial charge in [0.15, 0.2) is 0 Å². The quantitative estimate of drug-likeness (QED) is 0.507. The molecule has 0 unspecified atom stereocenters. The Morgan fingerprint density at radius 1 is 1.70 bits per heavy atom. The molecule has 0 bridgehead atoms. The summed E-state index contributed by atoms with van der Waals surface area (Å²) in [4.78, 5) is 10.5. The smallest absolute Gasteiger partial charge is 0.274 e. The van der Waals surface area contributed by atoms with Crippen LogP contribution in [0.25, 0.3) is 0 Å². The van der Waals surface area contributed by atoms with Crippen molar-refractivity contribution in [3.05, 3.63) is 0 Å². The van der Waals surface area contributed by atoms with Crippen molar-refractivity contribution in [2.45, 2.75) is 19.4 Å². The second kappa shape index (κ2) is 2.21. The first kappa shape index (κ1) is 7.49. The molecule has 0 aromatic heterocycles. The van der Waals surface area contributed by atoms with Gasteiger partial charge in [0.1, 0.15) is 0 Å². The zero-order chi connectivity index (χ0) is 7.78. The summed E-state index contributed by atoms with van der Waals surface area (Å²) in [6.07, 6.45) is -0.446. The first-order valence-corrected chi connectivity index (χ1v) is 4.14. The zero-order valence-corrected chi connectivity index (χ0v) is 6.14. The maximum Gasteiger partial charge on any atom is 0.362 e. The van der Waals surface area contributed by atoms with Crippen molar-refractivity contribution in [1.82, 2.24) is 4.72 Å². The lowest BCUT2D eigenvalue weighted by atomic mass is 10.3. The molecule has 1 saturated heterocycles. The van der Waals surface area contributed by atoms with Gasteiger partial charge >= 0.3 is 10.3 Å². The molecule has 0 aromatic carbocycles. The first-order chi connectivity index (χ1) is 4.49. The third-order valence-electron chi connectivity index (χ3n) is 1.00. The number of nitrogens with one attached hydrogen (secondary N) is 1. The summed E-state index contributed by atoms with van der Waals surface area (Å²) in [5, 5.41) is 0. The number of hydrogen-bond donors (Lipinski definition) is 1. The van der Waals surface area contributed by atoms with E-state index in [2.05, 4.69) is 4.18 Å². The van der Waals surface area contributed by atoms with E-state index in [0.717, 1.165) is 0 Å². The standard InChI is InChI=1S/C4H7NO4S/c1-3-2-4(6)5-10(7,8)9-3/h3H,2H2,1H3,(H,5,6)/t3-/m0/s1. The zero-order valence-electron chi connectivity index (χ0n) is 5.33. The van der Waals surface area contributed by atoms with Crippen molar-refractivity contribution in [2.24, 2.45) is 0 Å². The van der Waals surface area contributed by atoms with Crippen molar-refractivity contribution in [3.63, 3.8) is 0 Å². The van der Waals surface area contributed by atoms with E-state index in [1.165, 1.54) is 6.92 Å². The number of carbonyl (C=O) groups excluding carboxylic acids is 1. The second-order valence-electron chi connectivity index (χ2n) is 2.09. The summed E-state index contributed by atoms with van der Waals surface area (Å²) in [7, 11) is -3.78. The molecule has 10 heavy (non-hydrogen) atoms. The minimum Gasteiger partial charge on any atom is -0.274 e. The van der Waals surface area contributed by atoms with Crippen molar-refractivity contribution in [2.75, 3.05) is 0 Å². The van der Waals surface area contributed by atoms with Gasteiger partial charge in [-0.25, -0.2) is 4.72 Å². The van der Waals surface area contributed by atoms with Gasteiger partial charge in [-0.05, 0) is 6.92 Å². The van der Waals surface area contributed by atoms with Crippen molar-refractivity contribution >= 4 is 16.2 Å². The van der Waals surface area contributed by atoms with Crippen LogP contribution in [0.1, 0.15) is 13.3 Å². The van der Waals surface area contributed by atoms with Crippen molar-refractivity contribution < 1.29 is 17.4 Å². The summed E-state index contributed by atoms with van der Waals surface area (Å²) in [5.74, 6) is -0.515. The highest BCUT2D eigenvalue weighted by Crippen LogP contribution is 2.07. The minimum atomic E-state index is -3.78. The minimum absolute atomic E-state index is 0.0965. The van der Waals surface area contributed by atoms with Gasteiger partial charge < -0.3 is 0 Å². The van der Waals surface area contributed by atoms with E-state index < -0.39 is 22.3 Å². The van der Waals surface area contributed by atoms with Crippen LogP contribution in [0.3, 0.4) is 0 Å².